The van der Waals surface area contributed by atoms with Crippen LogP contribution in [0.15, 0.2) is 30.9 Å². The third-order valence-corrected chi connectivity index (χ3v) is 5.60. The van der Waals surface area contributed by atoms with Crippen LogP contribution in [-0.4, -0.2) is 74.1 Å². The molecule has 2 saturated heterocycles. The van der Waals surface area contributed by atoms with Crippen molar-refractivity contribution in [1.82, 2.24) is 15.1 Å². The van der Waals surface area contributed by atoms with Crippen LogP contribution in [0.3, 0.4) is 0 Å². The third-order valence-electron chi connectivity index (χ3n) is 5.37. The second-order valence-electron chi connectivity index (χ2n) is 7.50. The number of hydrogen-bond donors (Lipinski definition) is 2. The maximum Gasteiger partial charge on any atom is 0.321 e. The lowest BCUT2D eigenvalue weighted by Crippen LogP contribution is -2.52. The van der Waals surface area contributed by atoms with Gasteiger partial charge in [0.1, 0.15) is 0 Å². The van der Waals surface area contributed by atoms with Gasteiger partial charge in [0.15, 0.2) is 0 Å². The second-order valence-corrected chi connectivity index (χ2v) is 7.93. The van der Waals surface area contributed by atoms with Crippen molar-refractivity contribution < 1.29 is 9.59 Å². The molecule has 0 aromatic heterocycles. The van der Waals surface area contributed by atoms with Gasteiger partial charge in [-0.15, -0.1) is 6.58 Å². The van der Waals surface area contributed by atoms with Crippen LogP contribution in [0.1, 0.15) is 19.3 Å². The predicted octanol–water partition coefficient (Wildman–Crippen LogP) is 2.78. The van der Waals surface area contributed by atoms with Crippen molar-refractivity contribution in [2.45, 2.75) is 19.3 Å². The first-order valence-electron chi connectivity index (χ1n) is 10.3. The van der Waals surface area contributed by atoms with Crippen LogP contribution < -0.4 is 15.5 Å². The molecule has 0 saturated carbocycles. The van der Waals surface area contributed by atoms with E-state index < -0.39 is 0 Å². The smallest absolute Gasteiger partial charge is 0.321 e. The quantitative estimate of drug-likeness (QED) is 0.696. The molecule has 0 spiro atoms. The highest BCUT2D eigenvalue weighted by Crippen LogP contribution is 2.31. The summed E-state index contributed by atoms with van der Waals surface area (Å²) in [5.74, 6) is -0.0205. The summed E-state index contributed by atoms with van der Waals surface area (Å²) in [6.45, 7) is 8.91. The molecule has 0 unspecified atom stereocenters. The number of nitrogens with one attached hydrogen (secondary N) is 2. The van der Waals surface area contributed by atoms with Gasteiger partial charge in [0.05, 0.1) is 17.9 Å². The predicted molar refractivity (Wildman–Crippen MR) is 118 cm³/mol. The van der Waals surface area contributed by atoms with E-state index in [4.69, 9.17) is 11.6 Å². The molecule has 3 amide bonds. The van der Waals surface area contributed by atoms with Crippen molar-refractivity contribution in [3.8, 4) is 0 Å². The molecule has 1 aromatic carbocycles. The lowest BCUT2D eigenvalue weighted by Gasteiger charge is -2.35. The Morgan fingerprint density at radius 2 is 1.79 bits per heavy atom. The molecular formula is C21H30ClN5O2. The lowest BCUT2D eigenvalue weighted by molar-refractivity contribution is -0.122. The number of carbonyl (C=O) groups is 2. The fraction of sp³-hybridized carbons (Fsp3) is 0.524. The Morgan fingerprint density at radius 3 is 2.48 bits per heavy atom. The highest BCUT2D eigenvalue weighted by Gasteiger charge is 2.24. The minimum Gasteiger partial charge on any atom is -0.370 e. The zero-order valence-electron chi connectivity index (χ0n) is 16.8. The van der Waals surface area contributed by atoms with Gasteiger partial charge in [-0.05, 0) is 37.5 Å². The zero-order chi connectivity index (χ0) is 20.6. The van der Waals surface area contributed by atoms with Crippen LogP contribution in [0.25, 0.3) is 0 Å². The Morgan fingerprint density at radius 1 is 1.07 bits per heavy atom. The van der Waals surface area contributed by atoms with E-state index in [1.165, 1.54) is 19.3 Å². The van der Waals surface area contributed by atoms with Gasteiger partial charge in [-0.25, -0.2) is 4.79 Å². The average Bonchev–Trinajstić information content (AvgIpc) is 2.73. The second kappa shape index (κ2) is 10.5. The van der Waals surface area contributed by atoms with Gasteiger partial charge in [-0.1, -0.05) is 17.7 Å². The Bertz CT molecular complexity index is 728. The van der Waals surface area contributed by atoms with E-state index in [0.717, 1.165) is 24.5 Å². The summed E-state index contributed by atoms with van der Waals surface area (Å²) in [6.07, 6.45) is 5.24. The SMILES string of the molecule is C=CCNC(=O)CN1CCN(C(=O)Nc2cc(Cl)ccc2N2CCCCC2)CC1. The molecule has 0 aliphatic carbocycles. The van der Waals surface area contributed by atoms with Gasteiger partial charge in [-0.2, -0.15) is 0 Å². The van der Waals surface area contributed by atoms with E-state index in [9.17, 15) is 9.59 Å². The lowest BCUT2D eigenvalue weighted by atomic mass is 10.1. The Kier molecular flexibility index (Phi) is 7.77. The standard InChI is InChI=1S/C21H30ClN5O2/c1-2-8-23-20(28)16-25-11-13-27(14-12-25)21(29)24-18-15-17(22)6-7-19(18)26-9-4-3-5-10-26/h2,6-7,15H,1,3-5,8-14,16H2,(H,23,28)(H,24,29). The number of halogens is 1. The van der Waals surface area contributed by atoms with Gasteiger partial charge in [0.25, 0.3) is 0 Å². The minimum absolute atomic E-state index is 0.0205. The normalized spacial score (nSPS) is 17.7. The Balaban J connectivity index is 1.55. The molecular weight excluding hydrogens is 390 g/mol. The number of hydrogen-bond acceptors (Lipinski definition) is 4. The molecule has 29 heavy (non-hydrogen) atoms. The largest absolute Gasteiger partial charge is 0.370 e. The number of rotatable bonds is 6. The number of carbonyl (C=O) groups excluding carboxylic acids is 2. The van der Waals surface area contributed by atoms with Gasteiger partial charge in [0.2, 0.25) is 5.91 Å². The summed E-state index contributed by atoms with van der Waals surface area (Å²) < 4.78 is 0. The molecule has 158 valence electrons. The van der Waals surface area contributed by atoms with Crippen molar-refractivity contribution in [2.75, 3.05) is 62.6 Å². The van der Waals surface area contributed by atoms with Crippen LogP contribution in [0, 0.1) is 0 Å². The van der Waals surface area contributed by atoms with Crippen LogP contribution in [0.4, 0.5) is 16.2 Å². The highest BCUT2D eigenvalue weighted by atomic mass is 35.5. The Labute approximate surface area is 177 Å². The molecule has 0 atom stereocenters. The van der Waals surface area contributed by atoms with Crippen LogP contribution in [-0.2, 0) is 4.79 Å². The summed E-state index contributed by atoms with van der Waals surface area (Å²) in [5, 5.41) is 6.44. The van der Waals surface area contributed by atoms with E-state index in [1.807, 2.05) is 18.2 Å². The van der Waals surface area contributed by atoms with E-state index in [1.54, 1.807) is 11.0 Å². The molecule has 2 aliphatic rings. The molecule has 2 fully saturated rings. The van der Waals surface area contributed by atoms with Gasteiger partial charge >= 0.3 is 6.03 Å². The van der Waals surface area contributed by atoms with Crippen molar-refractivity contribution in [2.24, 2.45) is 0 Å². The zero-order valence-corrected chi connectivity index (χ0v) is 17.6. The van der Waals surface area contributed by atoms with E-state index in [0.29, 0.717) is 44.3 Å². The van der Waals surface area contributed by atoms with Crippen LogP contribution >= 0.6 is 11.6 Å². The molecule has 2 heterocycles. The summed E-state index contributed by atoms with van der Waals surface area (Å²) >= 11 is 6.19. The molecule has 2 aliphatic heterocycles. The number of piperidine rings is 1. The molecule has 1 aromatic rings. The van der Waals surface area contributed by atoms with Gasteiger partial charge < -0.3 is 20.4 Å². The number of amides is 3. The molecule has 0 radical (unpaired) electrons. The monoisotopic (exact) mass is 419 g/mol. The maximum absolute atomic E-state index is 12.8. The van der Waals surface area contributed by atoms with E-state index in [2.05, 4.69) is 27.0 Å². The van der Waals surface area contributed by atoms with Gasteiger partial charge in [-0.3, -0.25) is 9.69 Å². The maximum atomic E-state index is 12.8. The van der Waals surface area contributed by atoms with Crippen LogP contribution in [0.5, 0.6) is 0 Å². The molecule has 2 N–H and O–H groups in total. The summed E-state index contributed by atoms with van der Waals surface area (Å²) in [4.78, 5) is 30.8. The molecule has 0 bridgehead atoms. The number of piperazine rings is 1. The first-order chi connectivity index (χ1) is 14.1. The van der Waals surface area contributed by atoms with E-state index in [-0.39, 0.29) is 11.9 Å². The third kappa shape index (κ3) is 6.11. The summed E-state index contributed by atoms with van der Waals surface area (Å²) in [7, 11) is 0. The summed E-state index contributed by atoms with van der Waals surface area (Å²) in [5.41, 5.74) is 1.79. The first kappa shape index (κ1) is 21.5. The van der Waals surface area contributed by atoms with Crippen LogP contribution in [0.2, 0.25) is 5.02 Å². The molecule has 3 rings (SSSR count). The van der Waals surface area contributed by atoms with Crippen molar-refractivity contribution >= 4 is 34.9 Å². The van der Waals surface area contributed by atoms with Crippen molar-refractivity contribution in [3.63, 3.8) is 0 Å². The minimum atomic E-state index is -0.124. The van der Waals surface area contributed by atoms with Gasteiger partial charge in [0, 0.05) is 50.8 Å². The Hall–Kier alpha value is -2.25. The first-order valence-corrected chi connectivity index (χ1v) is 10.6. The number of benzene rings is 1. The average molecular weight is 420 g/mol. The highest BCUT2D eigenvalue weighted by molar-refractivity contribution is 6.31. The van der Waals surface area contributed by atoms with E-state index >= 15 is 0 Å². The molecule has 8 heteroatoms. The fourth-order valence-electron chi connectivity index (χ4n) is 3.77. The number of urea groups is 1. The van der Waals surface area contributed by atoms with Crippen molar-refractivity contribution in [3.05, 3.63) is 35.9 Å². The number of anilines is 2. The molecule has 7 nitrogen and oxygen atoms in total. The topological polar surface area (TPSA) is 67.9 Å². The number of nitrogens with zero attached hydrogens (tertiary/aromatic N) is 3. The van der Waals surface area contributed by atoms with Crippen molar-refractivity contribution in [1.29, 1.82) is 0 Å². The fourth-order valence-corrected chi connectivity index (χ4v) is 3.94. The summed E-state index contributed by atoms with van der Waals surface area (Å²) in [6, 6.07) is 5.56.